The topological polar surface area (TPSA) is 33.1 Å². The minimum atomic E-state index is 0.619. The van der Waals surface area contributed by atoms with Gasteiger partial charge in [-0.05, 0) is 19.9 Å². The Morgan fingerprint density at radius 1 is 1.60 bits per heavy atom. The summed E-state index contributed by atoms with van der Waals surface area (Å²) in [7, 11) is 2.02. The average Bonchev–Trinajstić information content (AvgIpc) is 2.49. The van der Waals surface area contributed by atoms with Crippen molar-refractivity contribution in [1.82, 2.24) is 20.0 Å². The number of nitrogens with one attached hydrogen (secondary N) is 1. The Morgan fingerprint density at radius 3 is 3.00 bits per heavy atom. The van der Waals surface area contributed by atoms with Crippen LogP contribution in [0.2, 0.25) is 0 Å². The molecule has 1 aliphatic rings. The molecule has 0 saturated carbocycles. The molecule has 1 atom stereocenters. The lowest BCUT2D eigenvalue weighted by Gasteiger charge is -2.33. The first kappa shape index (κ1) is 10.6. The molecule has 1 N–H and O–H groups in total. The number of rotatable bonds is 2. The molecular formula is C11H20N4. The summed E-state index contributed by atoms with van der Waals surface area (Å²) >= 11 is 0. The molecule has 1 aromatic heterocycles. The van der Waals surface area contributed by atoms with Gasteiger partial charge in [0.15, 0.2) is 0 Å². The molecule has 4 nitrogen and oxygen atoms in total. The van der Waals surface area contributed by atoms with E-state index in [1.165, 1.54) is 5.69 Å². The lowest BCUT2D eigenvalue weighted by molar-refractivity contribution is 0.162. The Bertz CT molecular complexity index is 331. The molecule has 0 radical (unpaired) electrons. The maximum absolute atomic E-state index is 4.38. The van der Waals surface area contributed by atoms with Crippen LogP contribution in [0.4, 0.5) is 0 Å². The molecule has 1 fully saturated rings. The van der Waals surface area contributed by atoms with Crippen molar-refractivity contribution in [2.45, 2.75) is 26.4 Å². The van der Waals surface area contributed by atoms with Crippen LogP contribution >= 0.6 is 0 Å². The second kappa shape index (κ2) is 4.33. The van der Waals surface area contributed by atoms with E-state index in [0.717, 1.165) is 31.9 Å². The number of piperazine rings is 1. The highest BCUT2D eigenvalue weighted by Crippen LogP contribution is 2.10. The fourth-order valence-corrected chi connectivity index (χ4v) is 2.14. The number of hydrogen-bond acceptors (Lipinski definition) is 3. The van der Waals surface area contributed by atoms with Gasteiger partial charge in [-0.1, -0.05) is 0 Å². The average molecular weight is 208 g/mol. The molecule has 2 rings (SSSR count). The van der Waals surface area contributed by atoms with Crippen molar-refractivity contribution < 1.29 is 0 Å². The molecule has 4 heteroatoms. The van der Waals surface area contributed by atoms with Gasteiger partial charge in [-0.3, -0.25) is 9.58 Å². The third-order valence-corrected chi connectivity index (χ3v) is 3.10. The summed E-state index contributed by atoms with van der Waals surface area (Å²) in [6, 6.07) is 2.79. The first-order valence-electron chi connectivity index (χ1n) is 5.61. The molecule has 0 aliphatic carbocycles. The normalized spacial score (nSPS) is 23.3. The van der Waals surface area contributed by atoms with E-state index in [0.29, 0.717) is 6.04 Å². The number of aryl methyl sites for hydroxylation is 2. The van der Waals surface area contributed by atoms with Crippen LogP contribution in [-0.2, 0) is 13.6 Å². The first-order valence-corrected chi connectivity index (χ1v) is 5.61. The second-order valence-electron chi connectivity index (χ2n) is 4.42. The zero-order valence-corrected chi connectivity index (χ0v) is 9.82. The smallest absolute Gasteiger partial charge is 0.0597 e. The van der Waals surface area contributed by atoms with Crippen molar-refractivity contribution in [3.05, 3.63) is 17.5 Å². The number of aromatic nitrogens is 2. The van der Waals surface area contributed by atoms with Gasteiger partial charge in [0, 0.05) is 39.3 Å². The second-order valence-corrected chi connectivity index (χ2v) is 4.42. The van der Waals surface area contributed by atoms with Crippen molar-refractivity contribution in [1.29, 1.82) is 0 Å². The Hall–Kier alpha value is -0.870. The Morgan fingerprint density at radius 2 is 2.40 bits per heavy atom. The zero-order chi connectivity index (χ0) is 10.8. The number of nitrogens with zero attached hydrogens (tertiary/aromatic N) is 3. The highest BCUT2D eigenvalue weighted by atomic mass is 15.3. The molecule has 1 unspecified atom stereocenters. The summed E-state index contributed by atoms with van der Waals surface area (Å²) in [6.07, 6.45) is 0. The van der Waals surface area contributed by atoms with Crippen molar-refractivity contribution in [3.8, 4) is 0 Å². The van der Waals surface area contributed by atoms with E-state index < -0.39 is 0 Å². The van der Waals surface area contributed by atoms with E-state index in [9.17, 15) is 0 Å². The SMILES string of the molecule is Cc1cc(CN2CCNCC2C)n(C)n1. The highest BCUT2D eigenvalue weighted by molar-refractivity contribution is 5.08. The standard InChI is InChI=1S/C11H20N4/c1-9-6-11(14(3)13-9)8-15-5-4-12-7-10(15)2/h6,10,12H,4-5,7-8H2,1-3H3. The third-order valence-electron chi connectivity index (χ3n) is 3.10. The lowest BCUT2D eigenvalue weighted by atomic mass is 10.2. The van der Waals surface area contributed by atoms with E-state index >= 15 is 0 Å². The van der Waals surface area contributed by atoms with Gasteiger partial charge in [-0.25, -0.2) is 0 Å². The highest BCUT2D eigenvalue weighted by Gasteiger charge is 2.18. The fraction of sp³-hybridized carbons (Fsp3) is 0.727. The van der Waals surface area contributed by atoms with Gasteiger partial charge < -0.3 is 5.32 Å². The Kier molecular flexibility index (Phi) is 3.07. The van der Waals surface area contributed by atoms with Crippen molar-refractivity contribution in [3.63, 3.8) is 0 Å². The molecule has 1 saturated heterocycles. The van der Waals surface area contributed by atoms with E-state index in [2.05, 4.69) is 28.3 Å². The van der Waals surface area contributed by atoms with Gasteiger partial charge in [0.1, 0.15) is 0 Å². The van der Waals surface area contributed by atoms with E-state index in [1.54, 1.807) is 0 Å². The monoisotopic (exact) mass is 208 g/mol. The van der Waals surface area contributed by atoms with Gasteiger partial charge in [-0.15, -0.1) is 0 Å². The van der Waals surface area contributed by atoms with Crippen LogP contribution in [-0.4, -0.2) is 40.4 Å². The van der Waals surface area contributed by atoms with Crippen molar-refractivity contribution in [2.24, 2.45) is 7.05 Å². The van der Waals surface area contributed by atoms with Gasteiger partial charge >= 0.3 is 0 Å². The summed E-state index contributed by atoms with van der Waals surface area (Å²) in [5.74, 6) is 0. The van der Waals surface area contributed by atoms with E-state index in [-0.39, 0.29) is 0 Å². The summed E-state index contributed by atoms with van der Waals surface area (Å²) in [5.41, 5.74) is 2.41. The molecule has 1 aliphatic heterocycles. The van der Waals surface area contributed by atoms with Crippen LogP contribution in [0.5, 0.6) is 0 Å². The molecule has 2 heterocycles. The van der Waals surface area contributed by atoms with Crippen molar-refractivity contribution in [2.75, 3.05) is 19.6 Å². The van der Waals surface area contributed by atoms with E-state index in [1.807, 2.05) is 18.7 Å². The minimum Gasteiger partial charge on any atom is -0.314 e. The Labute approximate surface area is 91.3 Å². The van der Waals surface area contributed by atoms with Crippen LogP contribution < -0.4 is 5.32 Å². The van der Waals surface area contributed by atoms with Gasteiger partial charge in [0.05, 0.1) is 11.4 Å². The summed E-state index contributed by atoms with van der Waals surface area (Å²) in [4.78, 5) is 2.51. The van der Waals surface area contributed by atoms with E-state index in [4.69, 9.17) is 0 Å². The quantitative estimate of drug-likeness (QED) is 0.769. The first-order chi connectivity index (χ1) is 7.16. The van der Waals surface area contributed by atoms with Crippen molar-refractivity contribution >= 4 is 0 Å². The predicted molar refractivity (Wildman–Crippen MR) is 60.7 cm³/mol. The predicted octanol–water partition coefficient (Wildman–Crippen LogP) is 0.522. The molecule has 84 valence electrons. The van der Waals surface area contributed by atoms with Crippen LogP contribution in [0.15, 0.2) is 6.07 Å². The van der Waals surface area contributed by atoms with Crippen LogP contribution in [0.3, 0.4) is 0 Å². The van der Waals surface area contributed by atoms with Gasteiger partial charge in [0.25, 0.3) is 0 Å². The largest absolute Gasteiger partial charge is 0.314 e. The lowest BCUT2D eigenvalue weighted by Crippen LogP contribution is -2.49. The maximum Gasteiger partial charge on any atom is 0.0597 e. The maximum atomic E-state index is 4.38. The van der Waals surface area contributed by atoms with Crippen LogP contribution in [0, 0.1) is 6.92 Å². The molecule has 0 bridgehead atoms. The van der Waals surface area contributed by atoms with Gasteiger partial charge in [0.2, 0.25) is 0 Å². The Balaban J connectivity index is 2.04. The molecular weight excluding hydrogens is 188 g/mol. The molecule has 0 aromatic carbocycles. The van der Waals surface area contributed by atoms with Crippen LogP contribution in [0.1, 0.15) is 18.3 Å². The molecule has 15 heavy (non-hydrogen) atoms. The fourth-order valence-electron chi connectivity index (χ4n) is 2.14. The summed E-state index contributed by atoms with van der Waals surface area (Å²) in [5, 5.41) is 7.78. The summed E-state index contributed by atoms with van der Waals surface area (Å²) < 4.78 is 1.99. The summed E-state index contributed by atoms with van der Waals surface area (Å²) in [6.45, 7) is 8.66. The molecule has 1 aromatic rings. The molecule has 0 spiro atoms. The van der Waals surface area contributed by atoms with Crippen LogP contribution in [0.25, 0.3) is 0 Å². The minimum absolute atomic E-state index is 0.619. The third kappa shape index (κ3) is 2.38. The number of hydrogen-bond donors (Lipinski definition) is 1. The zero-order valence-electron chi connectivity index (χ0n) is 9.82. The van der Waals surface area contributed by atoms with Gasteiger partial charge in [-0.2, -0.15) is 5.10 Å². The molecule has 0 amide bonds.